The van der Waals surface area contributed by atoms with Gasteiger partial charge in [0.05, 0.1) is 37.8 Å². The lowest BCUT2D eigenvalue weighted by Crippen LogP contribution is -2.52. The van der Waals surface area contributed by atoms with Crippen molar-refractivity contribution in [3.63, 3.8) is 0 Å². The highest BCUT2D eigenvalue weighted by molar-refractivity contribution is 7.70. The first kappa shape index (κ1) is 37.3. The fraction of sp³-hybridized carbons (Fsp3) is 0.359. The van der Waals surface area contributed by atoms with Gasteiger partial charge in [-0.05, 0) is 93.1 Å². The summed E-state index contributed by atoms with van der Waals surface area (Å²) in [6.07, 6.45) is 4.71. The molecule has 0 bridgehead atoms. The Morgan fingerprint density at radius 1 is 0.963 bits per heavy atom. The van der Waals surface area contributed by atoms with Crippen molar-refractivity contribution in [3.05, 3.63) is 88.1 Å². The number of piperidine rings is 1. The van der Waals surface area contributed by atoms with Gasteiger partial charge in [-0.3, -0.25) is 24.6 Å². The summed E-state index contributed by atoms with van der Waals surface area (Å²) in [7, 11) is -0.915. The Hall–Kier alpha value is -4.97. The number of ether oxygens (including phenoxy) is 2. The van der Waals surface area contributed by atoms with Crippen LogP contribution in [0.5, 0.6) is 11.5 Å². The lowest BCUT2D eigenvalue weighted by molar-refractivity contribution is -0.136. The standard InChI is InChI=1S/C39H43ClN7O6P/c1-52-33-20-25-22-46(16-6-7-18-53-32-11-8-9-26-27(32)23-47(38(26)50)31-13-14-35(48)44-37(31)49)17-15-24(25)19-30(33)43-39-41-21-28(40)36(45-39)42-29-10-4-5-12-34(29)54(2,3)51/h4-5,8-12,19-21,31H,6-7,13-18,22-23H2,1-3H3,(H,44,48,49)(H2,41,42,43,45). The molecule has 15 heteroatoms. The summed E-state index contributed by atoms with van der Waals surface area (Å²) in [4.78, 5) is 50.2. The minimum atomic E-state index is -2.55. The molecule has 1 aromatic heterocycles. The number of nitrogens with zero attached hydrogens (tertiary/aromatic N) is 4. The number of carbonyl (C=O) groups excluding carboxylic acids is 3. The Bertz CT molecular complexity index is 2160. The first-order valence-corrected chi connectivity index (χ1v) is 21.0. The molecule has 1 fully saturated rings. The third kappa shape index (κ3) is 8.08. The second-order valence-corrected chi connectivity index (χ2v) is 17.7. The molecule has 3 aliphatic rings. The third-order valence-electron chi connectivity index (χ3n) is 10.0. The van der Waals surface area contributed by atoms with Crippen molar-refractivity contribution >= 4 is 64.9 Å². The summed E-state index contributed by atoms with van der Waals surface area (Å²) >= 11 is 6.47. The number of methoxy groups -OCH3 is 1. The van der Waals surface area contributed by atoms with Gasteiger partial charge in [-0.25, -0.2) is 4.98 Å². The molecule has 3 aliphatic heterocycles. The van der Waals surface area contributed by atoms with Crippen molar-refractivity contribution in [1.29, 1.82) is 0 Å². The van der Waals surface area contributed by atoms with Crippen LogP contribution in [0.1, 0.15) is 52.7 Å². The lowest BCUT2D eigenvalue weighted by Gasteiger charge is -2.29. The number of nitrogens with one attached hydrogen (secondary N) is 3. The number of aromatic nitrogens is 2. The average Bonchev–Trinajstić information content (AvgIpc) is 3.48. The van der Waals surface area contributed by atoms with E-state index in [0.29, 0.717) is 57.9 Å². The van der Waals surface area contributed by atoms with E-state index in [1.54, 1.807) is 37.5 Å². The topological polar surface area (TPSA) is 155 Å². The van der Waals surface area contributed by atoms with E-state index in [-0.39, 0.29) is 24.8 Å². The molecule has 0 aliphatic carbocycles. The smallest absolute Gasteiger partial charge is 0.255 e. The van der Waals surface area contributed by atoms with Crippen molar-refractivity contribution in [2.24, 2.45) is 0 Å². The molecule has 1 atom stereocenters. The Balaban J connectivity index is 0.929. The van der Waals surface area contributed by atoms with Gasteiger partial charge in [0.2, 0.25) is 17.8 Å². The minimum absolute atomic E-state index is 0.209. The number of amides is 3. The number of carbonyl (C=O) groups is 3. The number of fused-ring (bicyclic) bond motifs is 2. The summed E-state index contributed by atoms with van der Waals surface area (Å²) in [6.45, 7) is 6.85. The fourth-order valence-corrected chi connectivity index (χ4v) is 8.52. The number of hydrogen-bond donors (Lipinski definition) is 3. The van der Waals surface area contributed by atoms with E-state index in [1.165, 1.54) is 17.3 Å². The highest BCUT2D eigenvalue weighted by atomic mass is 35.5. The van der Waals surface area contributed by atoms with Gasteiger partial charge >= 0.3 is 0 Å². The van der Waals surface area contributed by atoms with Crippen LogP contribution in [0.15, 0.2) is 60.8 Å². The molecule has 282 valence electrons. The summed E-state index contributed by atoms with van der Waals surface area (Å²) in [5.41, 5.74) is 5.18. The molecule has 3 N–H and O–H groups in total. The summed E-state index contributed by atoms with van der Waals surface area (Å²) < 4.78 is 24.8. The van der Waals surface area contributed by atoms with E-state index in [1.807, 2.05) is 30.3 Å². The van der Waals surface area contributed by atoms with Gasteiger partial charge in [-0.2, -0.15) is 4.98 Å². The SMILES string of the molecule is COc1cc2c(cc1Nc1ncc(Cl)c(Nc3ccccc3P(C)(C)=O)n1)CCN(CCCCOc1cccc3c1CN(C1CCC(=O)NC1=O)C3=O)C2. The van der Waals surface area contributed by atoms with Crippen LogP contribution in [0.25, 0.3) is 0 Å². The molecular formula is C39H43ClN7O6P. The van der Waals surface area contributed by atoms with Crippen LogP contribution in [0.4, 0.5) is 23.1 Å². The van der Waals surface area contributed by atoms with E-state index in [4.69, 9.17) is 21.1 Å². The van der Waals surface area contributed by atoms with Gasteiger partial charge < -0.3 is 29.6 Å². The number of unbranched alkanes of at least 4 members (excludes halogenated alkanes) is 1. The van der Waals surface area contributed by atoms with Crippen LogP contribution in [0.2, 0.25) is 5.02 Å². The van der Waals surface area contributed by atoms with Crippen molar-refractivity contribution in [2.45, 2.75) is 51.2 Å². The highest BCUT2D eigenvalue weighted by Crippen LogP contribution is 2.39. The molecule has 0 radical (unpaired) electrons. The van der Waals surface area contributed by atoms with Crippen LogP contribution >= 0.6 is 18.7 Å². The second kappa shape index (κ2) is 15.8. The molecule has 3 aromatic carbocycles. The maximum absolute atomic E-state index is 13.1. The van der Waals surface area contributed by atoms with Gasteiger partial charge in [0, 0.05) is 35.9 Å². The first-order chi connectivity index (χ1) is 26.0. The normalized spacial score (nSPS) is 17.1. The predicted octanol–water partition coefficient (Wildman–Crippen LogP) is 5.85. The van der Waals surface area contributed by atoms with Crippen molar-refractivity contribution in [1.82, 2.24) is 25.1 Å². The number of hydrogen-bond acceptors (Lipinski definition) is 11. The number of imide groups is 1. The van der Waals surface area contributed by atoms with Gasteiger partial charge in [-0.15, -0.1) is 0 Å². The largest absolute Gasteiger partial charge is 0.495 e. The molecule has 4 heterocycles. The first-order valence-electron chi connectivity index (χ1n) is 18.0. The van der Waals surface area contributed by atoms with E-state index in [0.717, 1.165) is 50.1 Å². The molecule has 13 nitrogen and oxygen atoms in total. The predicted molar refractivity (Wildman–Crippen MR) is 208 cm³/mol. The molecule has 3 amide bonds. The monoisotopic (exact) mass is 771 g/mol. The Kier molecular flexibility index (Phi) is 10.9. The molecular weight excluding hydrogens is 729 g/mol. The van der Waals surface area contributed by atoms with E-state index < -0.39 is 19.1 Å². The van der Waals surface area contributed by atoms with E-state index >= 15 is 0 Å². The summed E-state index contributed by atoms with van der Waals surface area (Å²) in [5.74, 6) is 1.13. The number of halogens is 1. The summed E-state index contributed by atoms with van der Waals surface area (Å²) in [5, 5.41) is 9.94. The quantitative estimate of drug-likeness (QED) is 0.0852. The van der Waals surface area contributed by atoms with Gasteiger partial charge in [0.15, 0.2) is 5.82 Å². The maximum Gasteiger partial charge on any atom is 0.255 e. The molecule has 54 heavy (non-hydrogen) atoms. The number of benzene rings is 3. The fourth-order valence-electron chi connectivity index (χ4n) is 7.23. The van der Waals surface area contributed by atoms with Gasteiger partial charge in [0.1, 0.15) is 29.7 Å². The van der Waals surface area contributed by atoms with Crippen LogP contribution in [0.3, 0.4) is 0 Å². The van der Waals surface area contributed by atoms with Gasteiger partial charge in [-0.1, -0.05) is 29.8 Å². The third-order valence-corrected chi connectivity index (χ3v) is 11.8. The Labute approximate surface area is 319 Å². The Morgan fingerprint density at radius 2 is 1.80 bits per heavy atom. The van der Waals surface area contributed by atoms with Crippen LogP contribution in [0, 0.1) is 0 Å². The molecule has 0 saturated carbocycles. The van der Waals surface area contributed by atoms with E-state index in [9.17, 15) is 18.9 Å². The number of anilines is 4. The maximum atomic E-state index is 13.1. The van der Waals surface area contributed by atoms with Crippen molar-refractivity contribution < 1.29 is 28.4 Å². The van der Waals surface area contributed by atoms with Crippen LogP contribution in [-0.2, 0) is 33.7 Å². The number of para-hydroxylation sites is 1. The average molecular weight is 772 g/mol. The zero-order chi connectivity index (χ0) is 38.0. The molecule has 1 unspecified atom stereocenters. The zero-order valence-corrected chi connectivity index (χ0v) is 32.1. The molecule has 7 rings (SSSR count). The van der Waals surface area contributed by atoms with Crippen molar-refractivity contribution in [3.8, 4) is 11.5 Å². The summed E-state index contributed by atoms with van der Waals surface area (Å²) in [6, 6.07) is 16.3. The molecule has 1 saturated heterocycles. The lowest BCUT2D eigenvalue weighted by atomic mass is 9.98. The van der Waals surface area contributed by atoms with Crippen LogP contribution in [-0.4, -0.2) is 83.7 Å². The van der Waals surface area contributed by atoms with Gasteiger partial charge in [0.25, 0.3) is 5.91 Å². The second-order valence-electron chi connectivity index (χ2n) is 14.1. The highest BCUT2D eigenvalue weighted by Gasteiger charge is 2.40. The van der Waals surface area contributed by atoms with E-state index in [2.05, 4.69) is 43.0 Å². The molecule has 0 spiro atoms. The number of rotatable bonds is 13. The van der Waals surface area contributed by atoms with Crippen LogP contribution < -0.4 is 30.7 Å². The zero-order valence-electron chi connectivity index (χ0n) is 30.5. The molecule has 4 aromatic rings. The van der Waals surface area contributed by atoms with Crippen molar-refractivity contribution in [2.75, 3.05) is 50.8 Å². The Morgan fingerprint density at radius 3 is 2.59 bits per heavy atom. The minimum Gasteiger partial charge on any atom is -0.495 e.